The molecule has 1 heterocycles. The van der Waals surface area contributed by atoms with Crippen LogP contribution in [0.5, 0.6) is 0 Å². The van der Waals surface area contributed by atoms with Gasteiger partial charge >= 0.3 is 6.03 Å². The maximum absolute atomic E-state index is 12.4. The number of thioether (sulfide) groups is 1. The highest BCUT2D eigenvalue weighted by Crippen LogP contribution is 2.29. The quantitative estimate of drug-likeness (QED) is 0.759. The fourth-order valence-electron chi connectivity index (χ4n) is 3.25. The number of nitrogens with one attached hydrogen (secondary N) is 3. The van der Waals surface area contributed by atoms with Crippen molar-refractivity contribution in [3.8, 4) is 11.1 Å². The van der Waals surface area contributed by atoms with Gasteiger partial charge in [-0.3, -0.25) is 5.10 Å². The van der Waals surface area contributed by atoms with Gasteiger partial charge in [0.05, 0.1) is 11.9 Å². The molecule has 2 amide bonds. The second-order valence-corrected chi connectivity index (χ2v) is 7.65. The van der Waals surface area contributed by atoms with E-state index < -0.39 is 0 Å². The minimum absolute atomic E-state index is 0.127. The molecule has 1 aromatic heterocycles. The zero-order chi connectivity index (χ0) is 16.8. The number of carbonyl (C=O) groups is 1. The summed E-state index contributed by atoms with van der Waals surface area (Å²) in [5.74, 6) is 1.14. The van der Waals surface area contributed by atoms with Gasteiger partial charge in [-0.1, -0.05) is 31.5 Å². The van der Waals surface area contributed by atoms with Crippen LogP contribution >= 0.6 is 11.8 Å². The third-order valence-corrected chi connectivity index (χ3v) is 5.58. The summed E-state index contributed by atoms with van der Waals surface area (Å²) < 4.78 is 0. The lowest BCUT2D eigenvalue weighted by Crippen LogP contribution is -2.41. The number of aromatic amines is 1. The van der Waals surface area contributed by atoms with Gasteiger partial charge in [-0.2, -0.15) is 16.9 Å². The first-order valence-electron chi connectivity index (χ1n) is 8.53. The Morgan fingerprint density at radius 2 is 2.25 bits per heavy atom. The van der Waals surface area contributed by atoms with Crippen molar-refractivity contribution in [3.05, 3.63) is 36.7 Å². The van der Waals surface area contributed by atoms with Gasteiger partial charge in [-0.15, -0.1) is 0 Å². The van der Waals surface area contributed by atoms with Gasteiger partial charge in [-0.25, -0.2) is 4.79 Å². The van der Waals surface area contributed by atoms with Gasteiger partial charge in [-0.05, 0) is 31.1 Å². The Morgan fingerprint density at radius 1 is 1.38 bits per heavy atom. The SMILES string of the molecule is CCS[C@H]1CCC[C@H](NC(=O)Nc2ccccc2-c2cn[nH]c2)C1. The lowest BCUT2D eigenvalue weighted by Gasteiger charge is -2.29. The van der Waals surface area contributed by atoms with Crippen LogP contribution in [0.2, 0.25) is 0 Å². The van der Waals surface area contributed by atoms with Crippen molar-refractivity contribution in [3.63, 3.8) is 0 Å². The molecule has 0 saturated heterocycles. The maximum atomic E-state index is 12.4. The molecule has 2 atom stereocenters. The van der Waals surface area contributed by atoms with Crippen LogP contribution < -0.4 is 10.6 Å². The Morgan fingerprint density at radius 3 is 3.04 bits per heavy atom. The Kier molecular flexibility index (Phi) is 5.80. The molecule has 0 spiro atoms. The highest BCUT2D eigenvalue weighted by molar-refractivity contribution is 7.99. The first-order valence-corrected chi connectivity index (χ1v) is 9.58. The van der Waals surface area contributed by atoms with Gasteiger partial charge in [0, 0.05) is 28.6 Å². The fraction of sp³-hybridized carbons (Fsp3) is 0.444. The van der Waals surface area contributed by atoms with Crippen molar-refractivity contribution in [1.29, 1.82) is 0 Å². The van der Waals surface area contributed by atoms with Crippen LogP contribution in [-0.2, 0) is 0 Å². The van der Waals surface area contributed by atoms with E-state index in [0.29, 0.717) is 5.25 Å². The van der Waals surface area contributed by atoms with Crippen LogP contribution in [-0.4, -0.2) is 33.3 Å². The van der Waals surface area contributed by atoms with Gasteiger partial charge in [0.25, 0.3) is 0 Å². The molecule has 24 heavy (non-hydrogen) atoms. The van der Waals surface area contributed by atoms with E-state index in [1.54, 1.807) is 6.20 Å². The topological polar surface area (TPSA) is 69.8 Å². The lowest BCUT2D eigenvalue weighted by molar-refractivity contribution is 0.244. The van der Waals surface area contributed by atoms with Gasteiger partial charge in [0.2, 0.25) is 0 Å². The highest BCUT2D eigenvalue weighted by atomic mass is 32.2. The Bertz CT molecular complexity index is 657. The number of para-hydroxylation sites is 1. The number of anilines is 1. The molecule has 0 bridgehead atoms. The van der Waals surface area contributed by atoms with E-state index in [-0.39, 0.29) is 12.1 Å². The van der Waals surface area contributed by atoms with E-state index in [4.69, 9.17) is 0 Å². The minimum atomic E-state index is -0.127. The predicted octanol–water partition coefficient (Wildman–Crippen LogP) is 4.26. The zero-order valence-corrected chi connectivity index (χ0v) is 14.7. The summed E-state index contributed by atoms with van der Waals surface area (Å²) in [5, 5.41) is 13.6. The van der Waals surface area contributed by atoms with Crippen molar-refractivity contribution in [1.82, 2.24) is 15.5 Å². The van der Waals surface area contributed by atoms with Gasteiger partial charge in [0.15, 0.2) is 0 Å². The monoisotopic (exact) mass is 344 g/mol. The number of aromatic nitrogens is 2. The average Bonchev–Trinajstić information content (AvgIpc) is 3.10. The first-order chi connectivity index (χ1) is 11.8. The van der Waals surface area contributed by atoms with E-state index in [1.807, 2.05) is 42.2 Å². The third-order valence-electron chi connectivity index (χ3n) is 4.35. The number of H-pyrrole nitrogens is 1. The van der Waals surface area contributed by atoms with Gasteiger partial charge < -0.3 is 10.6 Å². The number of benzene rings is 1. The normalized spacial score (nSPS) is 20.5. The van der Waals surface area contributed by atoms with E-state index in [9.17, 15) is 4.79 Å². The summed E-state index contributed by atoms with van der Waals surface area (Å²) in [6.45, 7) is 2.20. The molecule has 0 aliphatic heterocycles. The van der Waals surface area contributed by atoms with Gasteiger partial charge in [0.1, 0.15) is 0 Å². The number of carbonyl (C=O) groups excluding carboxylic acids is 1. The second kappa shape index (κ2) is 8.24. The summed E-state index contributed by atoms with van der Waals surface area (Å²) in [4.78, 5) is 12.4. The van der Waals surface area contributed by atoms with Crippen molar-refractivity contribution in [2.45, 2.75) is 43.9 Å². The summed E-state index contributed by atoms with van der Waals surface area (Å²) in [6.07, 6.45) is 8.17. The third kappa shape index (κ3) is 4.32. The number of urea groups is 1. The average molecular weight is 344 g/mol. The number of rotatable bonds is 5. The molecule has 6 heteroatoms. The molecule has 3 rings (SSSR count). The predicted molar refractivity (Wildman–Crippen MR) is 100 cm³/mol. The molecule has 5 nitrogen and oxygen atoms in total. The van der Waals surface area contributed by atoms with Crippen LogP contribution in [0.25, 0.3) is 11.1 Å². The Labute approximate surface area is 147 Å². The lowest BCUT2D eigenvalue weighted by atomic mass is 9.95. The number of nitrogens with zero attached hydrogens (tertiary/aromatic N) is 1. The molecule has 3 N–H and O–H groups in total. The number of amides is 2. The fourth-order valence-corrected chi connectivity index (χ4v) is 4.42. The van der Waals surface area contributed by atoms with E-state index in [2.05, 4.69) is 27.8 Å². The van der Waals surface area contributed by atoms with Crippen LogP contribution in [0.15, 0.2) is 36.7 Å². The van der Waals surface area contributed by atoms with E-state index >= 15 is 0 Å². The molecular formula is C18H24N4OS. The summed E-state index contributed by atoms with van der Waals surface area (Å²) >= 11 is 2.01. The summed E-state index contributed by atoms with van der Waals surface area (Å²) in [7, 11) is 0. The molecule has 1 aromatic carbocycles. The summed E-state index contributed by atoms with van der Waals surface area (Å²) in [5.41, 5.74) is 2.72. The molecule has 1 aliphatic rings. The zero-order valence-electron chi connectivity index (χ0n) is 13.9. The van der Waals surface area contributed by atoms with Crippen LogP contribution in [0.4, 0.5) is 10.5 Å². The van der Waals surface area contributed by atoms with E-state index in [1.165, 1.54) is 12.8 Å². The van der Waals surface area contributed by atoms with Crippen molar-refractivity contribution < 1.29 is 4.79 Å². The van der Waals surface area contributed by atoms with E-state index in [0.717, 1.165) is 35.4 Å². The van der Waals surface area contributed by atoms with Crippen molar-refractivity contribution in [2.24, 2.45) is 0 Å². The number of hydrogen-bond acceptors (Lipinski definition) is 3. The Hall–Kier alpha value is -1.95. The van der Waals surface area contributed by atoms with Crippen LogP contribution in [0.1, 0.15) is 32.6 Å². The van der Waals surface area contributed by atoms with Crippen molar-refractivity contribution in [2.75, 3.05) is 11.1 Å². The maximum Gasteiger partial charge on any atom is 0.319 e. The molecule has 1 fully saturated rings. The molecule has 0 radical (unpaired) electrons. The summed E-state index contributed by atoms with van der Waals surface area (Å²) in [6, 6.07) is 7.92. The second-order valence-electron chi connectivity index (χ2n) is 6.07. The molecule has 1 aliphatic carbocycles. The highest BCUT2D eigenvalue weighted by Gasteiger charge is 2.23. The standard InChI is InChI=1S/C18H24N4OS/c1-2-24-15-7-5-6-14(10-15)21-18(23)22-17-9-4-3-8-16(17)13-11-19-20-12-13/h3-4,8-9,11-12,14-15H,2,5-7,10H2,1H3,(H,19,20)(H2,21,22,23)/t14-,15-/m0/s1. The van der Waals surface area contributed by atoms with Crippen LogP contribution in [0, 0.1) is 0 Å². The molecule has 1 saturated carbocycles. The molecule has 128 valence electrons. The molecule has 2 aromatic rings. The minimum Gasteiger partial charge on any atom is -0.335 e. The Balaban J connectivity index is 1.61. The smallest absolute Gasteiger partial charge is 0.319 e. The van der Waals surface area contributed by atoms with Crippen LogP contribution in [0.3, 0.4) is 0 Å². The molecular weight excluding hydrogens is 320 g/mol. The first kappa shape index (κ1) is 16.9. The number of hydrogen-bond donors (Lipinski definition) is 3. The van der Waals surface area contributed by atoms with Crippen molar-refractivity contribution >= 4 is 23.5 Å². The largest absolute Gasteiger partial charge is 0.335 e. The molecule has 0 unspecified atom stereocenters.